The maximum Gasteiger partial charge on any atom is 0.166 e. The van der Waals surface area contributed by atoms with E-state index >= 15 is 0 Å². The number of carbonyl (C=O) groups excluding carboxylic acids is 1. The minimum absolute atomic E-state index is 0. The molecule has 0 N–H and O–H groups in total. The topological polar surface area (TPSA) is 29.5 Å². The first kappa shape index (κ1) is 16.0. The van der Waals surface area contributed by atoms with Crippen LogP contribution in [0, 0.1) is 5.92 Å². The van der Waals surface area contributed by atoms with Gasteiger partial charge in [-0.15, -0.1) is 12.4 Å². The van der Waals surface area contributed by atoms with E-state index < -0.39 is 0 Å². The highest BCUT2D eigenvalue weighted by atomic mass is 35.5. The lowest BCUT2D eigenvalue weighted by Gasteiger charge is -2.19. The zero-order chi connectivity index (χ0) is 13.3. The second-order valence-corrected chi connectivity index (χ2v) is 5.48. The smallest absolute Gasteiger partial charge is 0.166 e. The van der Waals surface area contributed by atoms with Gasteiger partial charge in [-0.2, -0.15) is 0 Å². The van der Waals surface area contributed by atoms with Crippen molar-refractivity contribution in [2.45, 2.75) is 26.4 Å². The van der Waals surface area contributed by atoms with Gasteiger partial charge in [0.15, 0.2) is 5.78 Å². The van der Waals surface area contributed by atoms with Crippen molar-refractivity contribution in [3.05, 3.63) is 29.3 Å². The van der Waals surface area contributed by atoms with E-state index in [9.17, 15) is 4.79 Å². The van der Waals surface area contributed by atoms with E-state index in [4.69, 9.17) is 4.74 Å². The summed E-state index contributed by atoms with van der Waals surface area (Å²) in [6.07, 6.45) is 0.980. The molecular weight excluding hydrogens is 262 g/mol. The van der Waals surface area contributed by atoms with Gasteiger partial charge in [0.1, 0.15) is 11.9 Å². The van der Waals surface area contributed by atoms with E-state index in [1.54, 1.807) is 0 Å². The van der Waals surface area contributed by atoms with Gasteiger partial charge in [0.2, 0.25) is 0 Å². The molecule has 0 fully saturated rings. The third-order valence-electron chi connectivity index (χ3n) is 3.28. The van der Waals surface area contributed by atoms with Crippen LogP contribution in [0.4, 0.5) is 0 Å². The molecule has 1 aliphatic rings. The fraction of sp³-hybridized carbons (Fsp3) is 0.533. The number of hydrogen-bond donors (Lipinski definition) is 0. The van der Waals surface area contributed by atoms with Gasteiger partial charge in [-0.3, -0.25) is 4.79 Å². The van der Waals surface area contributed by atoms with Crippen LogP contribution in [0.2, 0.25) is 0 Å². The Morgan fingerprint density at radius 1 is 1.42 bits per heavy atom. The van der Waals surface area contributed by atoms with Crippen molar-refractivity contribution in [3.8, 4) is 5.75 Å². The van der Waals surface area contributed by atoms with Crippen molar-refractivity contribution in [3.63, 3.8) is 0 Å². The largest absolute Gasteiger partial charge is 0.489 e. The summed E-state index contributed by atoms with van der Waals surface area (Å²) in [7, 11) is 4.04. The predicted octanol–water partition coefficient (Wildman–Crippen LogP) is 2.81. The molecule has 0 amide bonds. The Hall–Kier alpha value is -1.06. The van der Waals surface area contributed by atoms with Crippen molar-refractivity contribution < 1.29 is 9.53 Å². The van der Waals surface area contributed by atoms with Crippen LogP contribution in [-0.4, -0.2) is 37.4 Å². The van der Waals surface area contributed by atoms with E-state index in [1.807, 2.05) is 46.1 Å². The summed E-state index contributed by atoms with van der Waals surface area (Å²) in [4.78, 5) is 14.0. The van der Waals surface area contributed by atoms with Crippen molar-refractivity contribution in [2.24, 2.45) is 5.92 Å². The molecular formula is C15H22ClNO2. The van der Waals surface area contributed by atoms with Gasteiger partial charge in [0.05, 0.1) is 0 Å². The number of fused-ring (bicyclic) bond motifs is 1. The van der Waals surface area contributed by atoms with E-state index in [1.165, 1.54) is 0 Å². The number of hydrogen-bond acceptors (Lipinski definition) is 3. The Bertz CT molecular complexity index is 459. The highest BCUT2D eigenvalue weighted by molar-refractivity contribution is 6.02. The van der Waals surface area contributed by atoms with Gasteiger partial charge >= 0.3 is 0 Å². The quantitative estimate of drug-likeness (QED) is 0.851. The average molecular weight is 284 g/mol. The first-order valence-electron chi connectivity index (χ1n) is 6.46. The summed E-state index contributed by atoms with van der Waals surface area (Å²) in [5, 5.41) is 0. The van der Waals surface area contributed by atoms with Crippen LogP contribution in [0.25, 0.3) is 0 Å². The van der Waals surface area contributed by atoms with Gasteiger partial charge < -0.3 is 9.64 Å². The van der Waals surface area contributed by atoms with E-state index in [0.29, 0.717) is 0 Å². The van der Waals surface area contributed by atoms with Crippen molar-refractivity contribution in [2.75, 3.05) is 20.6 Å². The lowest BCUT2D eigenvalue weighted by atomic mass is 10.1. The molecule has 0 bridgehead atoms. The Morgan fingerprint density at radius 2 is 2.11 bits per heavy atom. The third kappa shape index (κ3) is 3.71. The summed E-state index contributed by atoms with van der Waals surface area (Å²) in [6.45, 7) is 4.89. The molecule has 0 spiro atoms. The number of benzene rings is 1. The molecule has 3 nitrogen and oxygen atoms in total. The molecule has 2 unspecified atom stereocenters. The number of nitrogens with zero attached hydrogens (tertiary/aromatic N) is 1. The highest BCUT2D eigenvalue weighted by Gasteiger charge is 2.27. The van der Waals surface area contributed by atoms with Crippen LogP contribution < -0.4 is 4.74 Å². The normalized spacial score (nSPS) is 19.0. The molecule has 0 aliphatic heterocycles. The number of rotatable bonds is 4. The van der Waals surface area contributed by atoms with Crippen LogP contribution in [0.1, 0.15) is 29.8 Å². The lowest BCUT2D eigenvalue weighted by Crippen LogP contribution is -2.28. The molecule has 4 heteroatoms. The Morgan fingerprint density at radius 3 is 2.74 bits per heavy atom. The van der Waals surface area contributed by atoms with Crippen molar-refractivity contribution in [1.29, 1.82) is 0 Å². The van der Waals surface area contributed by atoms with Crippen LogP contribution in [0.5, 0.6) is 5.75 Å². The molecule has 1 aromatic rings. The number of halogens is 1. The minimum Gasteiger partial charge on any atom is -0.489 e. The molecule has 1 aromatic carbocycles. The van der Waals surface area contributed by atoms with E-state index in [2.05, 4.69) is 4.90 Å². The molecule has 0 aromatic heterocycles. The van der Waals surface area contributed by atoms with Gasteiger partial charge in [-0.1, -0.05) is 13.0 Å². The number of likely N-dealkylation sites (N-methyl/N-ethyl adjacent to an activating group) is 1. The molecule has 0 saturated carbocycles. The summed E-state index contributed by atoms with van der Waals surface area (Å²) in [5.74, 6) is 1.16. The maximum atomic E-state index is 11.9. The Kier molecular flexibility index (Phi) is 5.39. The zero-order valence-electron chi connectivity index (χ0n) is 12.0. The second kappa shape index (κ2) is 6.40. The van der Waals surface area contributed by atoms with Gasteiger partial charge in [0, 0.05) is 18.0 Å². The van der Waals surface area contributed by atoms with Crippen LogP contribution in [0.15, 0.2) is 18.2 Å². The fourth-order valence-electron chi connectivity index (χ4n) is 2.51. The Labute approximate surface area is 121 Å². The van der Waals surface area contributed by atoms with Crippen LogP contribution in [0.3, 0.4) is 0 Å². The van der Waals surface area contributed by atoms with Gasteiger partial charge in [-0.25, -0.2) is 0 Å². The summed E-state index contributed by atoms with van der Waals surface area (Å²) in [5.41, 5.74) is 2.00. The van der Waals surface area contributed by atoms with Gasteiger partial charge in [0.25, 0.3) is 0 Å². The summed E-state index contributed by atoms with van der Waals surface area (Å²) >= 11 is 0. The predicted molar refractivity (Wildman–Crippen MR) is 79.5 cm³/mol. The lowest BCUT2D eigenvalue weighted by molar-refractivity contribution is 0.0945. The molecule has 0 saturated heterocycles. The first-order valence-corrected chi connectivity index (χ1v) is 6.46. The molecule has 2 atom stereocenters. The molecule has 0 heterocycles. The summed E-state index contributed by atoms with van der Waals surface area (Å²) in [6, 6.07) is 5.89. The molecule has 1 aliphatic carbocycles. The van der Waals surface area contributed by atoms with Crippen LogP contribution in [-0.2, 0) is 6.42 Å². The molecule has 2 rings (SSSR count). The maximum absolute atomic E-state index is 11.9. The number of carbonyl (C=O) groups is 1. The fourth-order valence-corrected chi connectivity index (χ4v) is 2.51. The number of ether oxygens (including phenoxy) is 1. The van der Waals surface area contributed by atoms with Crippen LogP contribution >= 0.6 is 12.4 Å². The van der Waals surface area contributed by atoms with E-state index in [0.717, 1.165) is 29.8 Å². The third-order valence-corrected chi connectivity index (χ3v) is 3.28. The average Bonchev–Trinajstić information content (AvgIpc) is 2.54. The molecule has 19 heavy (non-hydrogen) atoms. The zero-order valence-corrected chi connectivity index (χ0v) is 12.8. The van der Waals surface area contributed by atoms with E-state index in [-0.39, 0.29) is 30.2 Å². The van der Waals surface area contributed by atoms with Crippen molar-refractivity contribution in [1.82, 2.24) is 4.90 Å². The second-order valence-electron chi connectivity index (χ2n) is 5.48. The van der Waals surface area contributed by atoms with Crippen molar-refractivity contribution >= 4 is 18.2 Å². The molecule has 106 valence electrons. The minimum atomic E-state index is 0. The Balaban J connectivity index is 0.00000180. The SMILES string of the molecule is CC(CN(C)C)Oc1ccc2c(c1)C(=O)C(C)C2.Cl. The standard InChI is InChI=1S/C15H21NO2.ClH/c1-10-7-12-5-6-13(8-14(12)15(10)17)18-11(2)9-16(3)4;/h5-6,8,10-11H,7,9H2,1-4H3;1H. The number of ketones is 1. The summed E-state index contributed by atoms with van der Waals surface area (Å²) < 4.78 is 5.84. The first-order chi connectivity index (χ1) is 8.47. The monoisotopic (exact) mass is 283 g/mol. The van der Waals surface area contributed by atoms with Gasteiger partial charge in [-0.05, 0) is 45.1 Å². The highest BCUT2D eigenvalue weighted by Crippen LogP contribution is 2.29. The number of Topliss-reactive ketones (excluding diaryl/α,β-unsaturated/α-hetero) is 1. The molecule has 0 radical (unpaired) electrons.